The topological polar surface area (TPSA) is 84.3 Å². The van der Waals surface area contributed by atoms with Crippen molar-refractivity contribution in [3.05, 3.63) is 23.8 Å². The SMILES string of the molecule is CCNC(=NCc1ccc(OCCO)c(OC)c1)NCCCOCC1CC1. The molecule has 0 atom stereocenters. The molecule has 0 bridgehead atoms. The minimum absolute atomic E-state index is 0.0292. The maximum absolute atomic E-state index is 8.88. The number of hydrogen-bond donors (Lipinski definition) is 3. The van der Waals surface area contributed by atoms with Crippen LogP contribution in [0.3, 0.4) is 0 Å². The van der Waals surface area contributed by atoms with Gasteiger partial charge in [0.05, 0.1) is 20.3 Å². The Morgan fingerprint density at radius 2 is 2.07 bits per heavy atom. The fourth-order valence-corrected chi connectivity index (χ4v) is 2.51. The molecule has 1 aromatic carbocycles. The highest BCUT2D eigenvalue weighted by molar-refractivity contribution is 5.79. The monoisotopic (exact) mass is 379 g/mol. The Labute approximate surface area is 162 Å². The quantitative estimate of drug-likeness (QED) is 0.276. The zero-order chi connectivity index (χ0) is 19.3. The number of methoxy groups -OCH3 is 1. The maximum Gasteiger partial charge on any atom is 0.191 e. The van der Waals surface area contributed by atoms with Gasteiger partial charge in [-0.1, -0.05) is 6.07 Å². The summed E-state index contributed by atoms with van der Waals surface area (Å²) in [4.78, 5) is 4.62. The van der Waals surface area contributed by atoms with Crippen molar-refractivity contribution < 1.29 is 19.3 Å². The molecule has 0 spiro atoms. The maximum atomic E-state index is 8.88. The van der Waals surface area contributed by atoms with Crippen molar-refractivity contribution in [2.75, 3.05) is 46.6 Å². The minimum atomic E-state index is -0.0292. The van der Waals surface area contributed by atoms with Crippen molar-refractivity contribution >= 4 is 5.96 Å². The lowest BCUT2D eigenvalue weighted by molar-refractivity contribution is 0.123. The molecule has 0 aromatic heterocycles. The average molecular weight is 380 g/mol. The van der Waals surface area contributed by atoms with Crippen molar-refractivity contribution in [1.29, 1.82) is 0 Å². The summed E-state index contributed by atoms with van der Waals surface area (Å²) in [6, 6.07) is 5.70. The number of hydrogen-bond acceptors (Lipinski definition) is 5. The molecule has 27 heavy (non-hydrogen) atoms. The zero-order valence-corrected chi connectivity index (χ0v) is 16.5. The molecule has 1 aliphatic carbocycles. The fourth-order valence-electron chi connectivity index (χ4n) is 2.51. The predicted molar refractivity (Wildman–Crippen MR) is 107 cm³/mol. The molecule has 1 aliphatic rings. The Balaban J connectivity index is 1.79. The van der Waals surface area contributed by atoms with Gasteiger partial charge in [0, 0.05) is 26.3 Å². The van der Waals surface area contributed by atoms with Gasteiger partial charge in [0.15, 0.2) is 17.5 Å². The summed E-state index contributed by atoms with van der Waals surface area (Å²) in [5.41, 5.74) is 1.02. The molecule has 0 saturated heterocycles. The van der Waals surface area contributed by atoms with Crippen LogP contribution in [0.25, 0.3) is 0 Å². The van der Waals surface area contributed by atoms with Crippen LogP contribution in [0.15, 0.2) is 23.2 Å². The summed E-state index contributed by atoms with van der Waals surface area (Å²) in [5.74, 6) is 2.87. The smallest absolute Gasteiger partial charge is 0.191 e. The third-order valence-corrected chi connectivity index (χ3v) is 4.15. The van der Waals surface area contributed by atoms with Crippen molar-refractivity contribution in [1.82, 2.24) is 10.6 Å². The second-order valence-corrected chi connectivity index (χ2v) is 6.55. The van der Waals surface area contributed by atoms with Gasteiger partial charge in [0.1, 0.15) is 6.61 Å². The van der Waals surface area contributed by atoms with Gasteiger partial charge in [-0.05, 0) is 49.8 Å². The van der Waals surface area contributed by atoms with Gasteiger partial charge in [0.2, 0.25) is 0 Å². The van der Waals surface area contributed by atoms with Crippen LogP contribution in [0.5, 0.6) is 11.5 Å². The molecule has 0 unspecified atom stereocenters. The minimum Gasteiger partial charge on any atom is -0.493 e. The van der Waals surface area contributed by atoms with Crippen LogP contribution in [-0.2, 0) is 11.3 Å². The van der Waals surface area contributed by atoms with E-state index in [1.807, 2.05) is 25.1 Å². The second-order valence-electron chi connectivity index (χ2n) is 6.55. The molecule has 0 aliphatic heterocycles. The van der Waals surface area contributed by atoms with Gasteiger partial charge in [-0.15, -0.1) is 0 Å². The number of benzene rings is 1. The third kappa shape index (κ3) is 8.49. The summed E-state index contributed by atoms with van der Waals surface area (Å²) in [7, 11) is 1.60. The lowest BCUT2D eigenvalue weighted by Crippen LogP contribution is -2.38. The first-order valence-corrected chi connectivity index (χ1v) is 9.77. The van der Waals surface area contributed by atoms with Crippen LogP contribution >= 0.6 is 0 Å². The number of aliphatic imine (C=N–C) groups is 1. The van der Waals surface area contributed by atoms with E-state index < -0.39 is 0 Å². The van der Waals surface area contributed by atoms with E-state index >= 15 is 0 Å². The summed E-state index contributed by atoms with van der Waals surface area (Å²) in [6.07, 6.45) is 3.62. The Morgan fingerprint density at radius 3 is 2.78 bits per heavy atom. The summed E-state index contributed by atoms with van der Waals surface area (Å²) in [6.45, 7) is 6.13. The average Bonchev–Trinajstić information content (AvgIpc) is 3.51. The van der Waals surface area contributed by atoms with E-state index in [-0.39, 0.29) is 13.2 Å². The van der Waals surface area contributed by atoms with Gasteiger partial charge in [-0.2, -0.15) is 0 Å². The van der Waals surface area contributed by atoms with Crippen LogP contribution in [0.4, 0.5) is 0 Å². The van der Waals surface area contributed by atoms with E-state index in [0.29, 0.717) is 18.0 Å². The Kier molecular flexibility index (Phi) is 9.79. The standard InChI is InChI=1S/C20H33N3O4/c1-3-21-20(22-9-4-11-26-15-16-5-6-16)23-14-17-7-8-18(27-12-10-24)19(13-17)25-2/h7-8,13,16,24H,3-6,9-12,14-15H2,1-2H3,(H2,21,22,23). The number of nitrogens with one attached hydrogen (secondary N) is 2. The largest absolute Gasteiger partial charge is 0.493 e. The number of ether oxygens (including phenoxy) is 3. The number of guanidine groups is 1. The molecule has 152 valence electrons. The van der Waals surface area contributed by atoms with Crippen LogP contribution < -0.4 is 20.1 Å². The molecular weight excluding hydrogens is 346 g/mol. The molecule has 1 saturated carbocycles. The first-order chi connectivity index (χ1) is 13.3. The molecule has 1 fully saturated rings. The fraction of sp³-hybridized carbons (Fsp3) is 0.650. The number of nitrogens with zero attached hydrogens (tertiary/aromatic N) is 1. The van der Waals surface area contributed by atoms with Crippen molar-refractivity contribution in [3.63, 3.8) is 0 Å². The Bertz CT molecular complexity index is 576. The normalized spacial score (nSPS) is 14.1. The molecule has 2 rings (SSSR count). The first-order valence-electron chi connectivity index (χ1n) is 9.77. The highest BCUT2D eigenvalue weighted by atomic mass is 16.5. The van der Waals surface area contributed by atoms with Crippen LogP contribution in [-0.4, -0.2) is 57.7 Å². The molecule has 3 N–H and O–H groups in total. The predicted octanol–water partition coefficient (Wildman–Crippen LogP) is 1.94. The summed E-state index contributed by atoms with van der Waals surface area (Å²) >= 11 is 0. The highest BCUT2D eigenvalue weighted by Crippen LogP contribution is 2.29. The van der Waals surface area contributed by atoms with Crippen molar-refractivity contribution in [3.8, 4) is 11.5 Å². The Morgan fingerprint density at radius 1 is 1.22 bits per heavy atom. The molecule has 7 nitrogen and oxygen atoms in total. The van der Waals surface area contributed by atoms with Crippen LogP contribution in [0.1, 0.15) is 31.7 Å². The molecule has 1 aromatic rings. The van der Waals surface area contributed by atoms with Gasteiger partial charge in [0.25, 0.3) is 0 Å². The van der Waals surface area contributed by atoms with E-state index in [4.69, 9.17) is 19.3 Å². The van der Waals surface area contributed by atoms with E-state index in [1.165, 1.54) is 12.8 Å². The molecular formula is C20H33N3O4. The van der Waals surface area contributed by atoms with Gasteiger partial charge >= 0.3 is 0 Å². The van der Waals surface area contributed by atoms with Gasteiger partial charge < -0.3 is 30.0 Å². The number of rotatable bonds is 13. The van der Waals surface area contributed by atoms with Gasteiger partial charge in [-0.3, -0.25) is 0 Å². The molecule has 0 radical (unpaired) electrons. The van der Waals surface area contributed by atoms with E-state index in [9.17, 15) is 0 Å². The van der Waals surface area contributed by atoms with Crippen molar-refractivity contribution in [2.45, 2.75) is 32.7 Å². The second kappa shape index (κ2) is 12.4. The summed E-state index contributed by atoms with van der Waals surface area (Å²) < 4.78 is 16.5. The lowest BCUT2D eigenvalue weighted by atomic mass is 10.2. The van der Waals surface area contributed by atoms with Crippen LogP contribution in [0, 0.1) is 5.92 Å². The van der Waals surface area contributed by atoms with Crippen molar-refractivity contribution in [2.24, 2.45) is 10.9 Å². The van der Waals surface area contributed by atoms with Gasteiger partial charge in [-0.25, -0.2) is 4.99 Å². The Hall–Kier alpha value is -1.99. The third-order valence-electron chi connectivity index (χ3n) is 4.15. The molecule has 0 amide bonds. The first kappa shape index (κ1) is 21.3. The van der Waals surface area contributed by atoms with Crippen LogP contribution in [0.2, 0.25) is 0 Å². The summed E-state index contributed by atoms with van der Waals surface area (Å²) in [5, 5.41) is 15.5. The zero-order valence-electron chi connectivity index (χ0n) is 16.5. The lowest BCUT2D eigenvalue weighted by Gasteiger charge is -2.13. The highest BCUT2D eigenvalue weighted by Gasteiger charge is 2.20. The number of aliphatic hydroxyl groups excluding tert-OH is 1. The van der Waals surface area contributed by atoms with E-state index in [0.717, 1.165) is 50.2 Å². The molecule has 7 heteroatoms. The number of aliphatic hydroxyl groups is 1. The van der Waals surface area contributed by atoms with E-state index in [2.05, 4.69) is 15.6 Å². The molecule has 0 heterocycles. The van der Waals surface area contributed by atoms with E-state index in [1.54, 1.807) is 7.11 Å².